The number of nitrogens with one attached hydrogen (secondary N) is 1. The number of primary amides is 1. The van der Waals surface area contributed by atoms with Gasteiger partial charge < -0.3 is 11.1 Å². The third kappa shape index (κ3) is 2.73. The minimum atomic E-state index is -0.808. The number of para-hydroxylation sites is 1. The summed E-state index contributed by atoms with van der Waals surface area (Å²) in [4.78, 5) is 15.8. The highest BCUT2D eigenvalue weighted by atomic mass is 35.5. The van der Waals surface area contributed by atoms with Gasteiger partial charge in [-0.2, -0.15) is 5.26 Å². The van der Waals surface area contributed by atoms with Crippen LogP contribution in [-0.2, 0) is 0 Å². The molecule has 0 fully saturated rings. The average molecular weight is 341 g/mol. The number of benzene rings is 2. The zero-order chi connectivity index (χ0) is 17.3. The molecule has 1 heterocycles. The quantitative estimate of drug-likeness (QED) is 0.759. The number of carbonyl (C=O) groups excluding carboxylic acids is 1. The van der Waals surface area contributed by atoms with E-state index in [0.29, 0.717) is 22.3 Å². The third-order valence-corrected chi connectivity index (χ3v) is 3.72. The van der Waals surface area contributed by atoms with E-state index in [0.717, 1.165) is 0 Å². The number of carbonyl (C=O) groups is 1. The fourth-order valence-corrected chi connectivity index (χ4v) is 2.53. The lowest BCUT2D eigenvalue weighted by Gasteiger charge is -2.14. The van der Waals surface area contributed by atoms with Crippen molar-refractivity contribution in [2.45, 2.75) is 0 Å². The summed E-state index contributed by atoms with van der Waals surface area (Å²) in [5, 5.41) is 13.0. The van der Waals surface area contributed by atoms with Crippen molar-refractivity contribution >= 4 is 39.8 Å². The first-order valence-electron chi connectivity index (χ1n) is 6.86. The Labute approximate surface area is 141 Å². The molecule has 0 saturated carbocycles. The van der Waals surface area contributed by atoms with Crippen LogP contribution in [0.4, 0.5) is 15.8 Å². The number of rotatable bonds is 3. The van der Waals surface area contributed by atoms with Gasteiger partial charge in [-0.05, 0) is 24.3 Å². The zero-order valence-corrected chi connectivity index (χ0v) is 12.9. The monoisotopic (exact) mass is 340 g/mol. The molecule has 0 aliphatic rings. The molecule has 3 N–H and O–H groups in total. The summed E-state index contributed by atoms with van der Waals surface area (Å²) in [7, 11) is 0. The fraction of sp³-hybridized carbons (Fsp3) is 0. The molecule has 1 aromatic heterocycles. The molecular weight excluding hydrogens is 331 g/mol. The molecule has 118 valence electrons. The number of amides is 1. The number of pyridine rings is 1. The molecule has 0 unspecified atom stereocenters. The topological polar surface area (TPSA) is 91.8 Å². The molecule has 3 rings (SSSR count). The van der Waals surface area contributed by atoms with E-state index < -0.39 is 11.7 Å². The van der Waals surface area contributed by atoms with Gasteiger partial charge in [-0.15, -0.1) is 0 Å². The summed E-state index contributed by atoms with van der Waals surface area (Å²) in [5.41, 5.74) is 6.54. The normalized spacial score (nSPS) is 10.4. The molecule has 0 spiro atoms. The van der Waals surface area contributed by atoms with Crippen LogP contribution >= 0.6 is 11.6 Å². The van der Waals surface area contributed by atoms with Gasteiger partial charge in [0.2, 0.25) is 0 Å². The number of fused-ring (bicyclic) bond motifs is 1. The summed E-state index contributed by atoms with van der Waals surface area (Å²) < 4.78 is 13.3. The lowest BCUT2D eigenvalue weighted by Crippen LogP contribution is -2.16. The zero-order valence-electron chi connectivity index (χ0n) is 12.2. The van der Waals surface area contributed by atoms with Crippen molar-refractivity contribution < 1.29 is 9.18 Å². The first-order valence-corrected chi connectivity index (χ1v) is 7.23. The van der Waals surface area contributed by atoms with Crippen LogP contribution in [-0.4, -0.2) is 10.9 Å². The van der Waals surface area contributed by atoms with Crippen LogP contribution in [0.2, 0.25) is 5.02 Å². The summed E-state index contributed by atoms with van der Waals surface area (Å²) >= 11 is 5.79. The number of halogens is 2. The molecule has 2 aromatic carbocycles. The highest BCUT2D eigenvalue weighted by Gasteiger charge is 2.18. The maximum Gasteiger partial charge on any atom is 0.268 e. The number of aromatic nitrogens is 1. The van der Waals surface area contributed by atoms with Crippen molar-refractivity contribution in [2.24, 2.45) is 5.73 Å². The Morgan fingerprint density at radius 2 is 2.04 bits per heavy atom. The Kier molecular flexibility index (Phi) is 4.02. The first-order chi connectivity index (χ1) is 11.5. The van der Waals surface area contributed by atoms with Crippen molar-refractivity contribution in [1.29, 1.82) is 5.26 Å². The van der Waals surface area contributed by atoms with Crippen molar-refractivity contribution in [3.8, 4) is 6.07 Å². The lowest BCUT2D eigenvalue weighted by atomic mass is 10.1. The van der Waals surface area contributed by atoms with Gasteiger partial charge >= 0.3 is 0 Å². The van der Waals surface area contributed by atoms with Gasteiger partial charge in [0, 0.05) is 11.1 Å². The van der Waals surface area contributed by atoms with E-state index >= 15 is 0 Å². The summed E-state index contributed by atoms with van der Waals surface area (Å²) in [6.07, 6.45) is 0. The van der Waals surface area contributed by atoms with E-state index in [-0.39, 0.29) is 16.3 Å². The molecule has 3 aromatic rings. The van der Waals surface area contributed by atoms with Crippen molar-refractivity contribution in [3.05, 3.63) is 64.6 Å². The van der Waals surface area contributed by atoms with Crippen molar-refractivity contribution in [2.75, 3.05) is 5.32 Å². The summed E-state index contributed by atoms with van der Waals surface area (Å²) in [5.74, 6) is -1.36. The Bertz CT molecular complexity index is 1010. The third-order valence-electron chi connectivity index (χ3n) is 3.43. The van der Waals surface area contributed by atoms with Crippen LogP contribution in [0.5, 0.6) is 0 Å². The number of anilines is 2. The molecule has 0 bridgehead atoms. The Morgan fingerprint density at radius 1 is 1.29 bits per heavy atom. The van der Waals surface area contributed by atoms with Gasteiger partial charge in [0.05, 0.1) is 16.2 Å². The lowest BCUT2D eigenvalue weighted by molar-refractivity contribution is 0.0995. The Hall–Kier alpha value is -3.17. The number of nitrogens with two attached hydrogens (primary N) is 1. The smallest absolute Gasteiger partial charge is 0.268 e. The molecule has 0 aliphatic carbocycles. The Morgan fingerprint density at radius 3 is 2.71 bits per heavy atom. The minimum absolute atomic E-state index is 0.0154. The maximum atomic E-state index is 13.3. The highest BCUT2D eigenvalue weighted by molar-refractivity contribution is 6.31. The molecule has 24 heavy (non-hydrogen) atoms. The number of nitriles is 1. The van der Waals surface area contributed by atoms with E-state index in [9.17, 15) is 14.4 Å². The number of nitrogens with zero attached hydrogens (tertiary/aromatic N) is 2. The molecule has 7 heteroatoms. The van der Waals surface area contributed by atoms with E-state index in [4.69, 9.17) is 17.3 Å². The summed E-state index contributed by atoms with van der Waals surface area (Å²) in [6, 6.07) is 13.0. The number of hydrogen-bond donors (Lipinski definition) is 2. The average Bonchev–Trinajstić information content (AvgIpc) is 2.57. The second-order valence-electron chi connectivity index (χ2n) is 4.96. The standard InChI is InChI=1S/C17H10ClFN4O/c18-12-7-9(5-6-13(12)19)22-15-10-3-1-2-4-14(10)23-16(17(21)24)11(15)8-20/h1-7H,(H2,21,24)(H,22,23). The molecule has 0 saturated heterocycles. The predicted octanol–water partition coefficient (Wildman–Crippen LogP) is 3.74. The van der Waals surface area contributed by atoms with Crippen molar-refractivity contribution in [3.63, 3.8) is 0 Å². The van der Waals surface area contributed by atoms with Gasteiger partial charge in [0.15, 0.2) is 0 Å². The van der Waals surface area contributed by atoms with Gasteiger partial charge in [0.25, 0.3) is 5.91 Å². The molecule has 1 amide bonds. The van der Waals surface area contributed by atoms with Crippen LogP contribution in [0.1, 0.15) is 16.1 Å². The minimum Gasteiger partial charge on any atom is -0.364 e. The van der Waals surface area contributed by atoms with Crippen LogP contribution in [0.25, 0.3) is 10.9 Å². The Balaban J connectivity index is 2.26. The highest BCUT2D eigenvalue weighted by Crippen LogP contribution is 2.32. The van der Waals surface area contributed by atoms with Crippen LogP contribution < -0.4 is 11.1 Å². The van der Waals surface area contributed by atoms with E-state index in [1.165, 1.54) is 18.2 Å². The molecule has 0 atom stereocenters. The van der Waals surface area contributed by atoms with Gasteiger partial charge in [-0.3, -0.25) is 4.79 Å². The van der Waals surface area contributed by atoms with E-state index in [1.807, 2.05) is 6.07 Å². The van der Waals surface area contributed by atoms with Gasteiger partial charge in [-0.1, -0.05) is 29.8 Å². The van der Waals surface area contributed by atoms with Crippen molar-refractivity contribution in [1.82, 2.24) is 4.98 Å². The predicted molar refractivity (Wildman–Crippen MR) is 89.7 cm³/mol. The van der Waals surface area contributed by atoms with Crippen LogP contribution in [0.15, 0.2) is 42.5 Å². The first kappa shape index (κ1) is 15.7. The second kappa shape index (κ2) is 6.14. The molecule has 0 radical (unpaired) electrons. The van der Waals surface area contributed by atoms with E-state index in [1.54, 1.807) is 24.3 Å². The largest absolute Gasteiger partial charge is 0.364 e. The second-order valence-corrected chi connectivity index (χ2v) is 5.36. The SMILES string of the molecule is N#Cc1c(C(N)=O)nc2ccccc2c1Nc1ccc(F)c(Cl)c1. The summed E-state index contributed by atoms with van der Waals surface area (Å²) in [6.45, 7) is 0. The fourth-order valence-electron chi connectivity index (χ4n) is 2.35. The maximum absolute atomic E-state index is 13.3. The number of hydrogen-bond acceptors (Lipinski definition) is 4. The van der Waals surface area contributed by atoms with Crippen LogP contribution in [0, 0.1) is 17.1 Å². The van der Waals surface area contributed by atoms with E-state index in [2.05, 4.69) is 10.3 Å². The van der Waals surface area contributed by atoms with Gasteiger partial charge in [-0.25, -0.2) is 9.37 Å². The van der Waals surface area contributed by atoms with Crippen LogP contribution in [0.3, 0.4) is 0 Å². The molecular formula is C17H10ClFN4O. The molecule has 5 nitrogen and oxygen atoms in total. The molecule has 0 aliphatic heterocycles. The van der Waals surface area contributed by atoms with Gasteiger partial charge in [0.1, 0.15) is 23.1 Å².